The summed E-state index contributed by atoms with van der Waals surface area (Å²) in [5, 5.41) is 5.81. The number of esters is 1. The molecular formula is C27H34N6O4. The molecule has 0 unspecified atom stereocenters. The Hall–Kier alpha value is -3.24. The van der Waals surface area contributed by atoms with Crippen molar-refractivity contribution in [2.45, 2.75) is 50.7 Å². The summed E-state index contributed by atoms with van der Waals surface area (Å²) in [5.74, 6) is 1.88. The monoisotopic (exact) mass is 506 g/mol. The molecule has 1 aromatic carbocycles. The van der Waals surface area contributed by atoms with Crippen molar-refractivity contribution in [1.82, 2.24) is 24.6 Å². The van der Waals surface area contributed by atoms with E-state index >= 15 is 0 Å². The van der Waals surface area contributed by atoms with Crippen LogP contribution in [-0.4, -0.2) is 89.8 Å². The van der Waals surface area contributed by atoms with Gasteiger partial charge in [-0.05, 0) is 68.5 Å². The molecule has 10 nitrogen and oxygen atoms in total. The number of likely N-dealkylation sites (tertiary alicyclic amines) is 1. The van der Waals surface area contributed by atoms with Gasteiger partial charge >= 0.3 is 12.0 Å². The number of hydrogen-bond acceptors (Lipinski definition) is 9. The minimum Gasteiger partial charge on any atom is -0.469 e. The van der Waals surface area contributed by atoms with Crippen LogP contribution < -0.4 is 9.64 Å². The Kier molecular flexibility index (Phi) is 6.46. The first-order chi connectivity index (χ1) is 18.0. The standard InChI is InChI=1S/C27H34N6O4/c1-17-10-19-14-28-33(23(19)12-22(17)18-4-7-31(8-5-18)9-6-26(34)35-2)25-13-24(29-27(30-25)36-3)32-15-21-11-20(32)16-37-21/h10,12-14,18,20-21H,4-9,11,15-16H2,1-3H3/t20-,21-/m1/s1. The number of aryl methyl sites for hydroxylation is 1. The molecule has 0 N–H and O–H groups in total. The summed E-state index contributed by atoms with van der Waals surface area (Å²) in [6.07, 6.45) is 5.79. The number of fused-ring (bicyclic) bond motifs is 3. The highest BCUT2D eigenvalue weighted by Gasteiger charge is 2.40. The van der Waals surface area contributed by atoms with E-state index in [4.69, 9.17) is 19.3 Å². The van der Waals surface area contributed by atoms with Crippen LogP contribution in [0.3, 0.4) is 0 Å². The highest BCUT2D eigenvalue weighted by molar-refractivity contribution is 5.82. The van der Waals surface area contributed by atoms with E-state index in [0.717, 1.165) is 68.8 Å². The summed E-state index contributed by atoms with van der Waals surface area (Å²) < 4.78 is 18.0. The van der Waals surface area contributed by atoms with Gasteiger partial charge in [0, 0.05) is 24.5 Å². The zero-order valence-corrected chi connectivity index (χ0v) is 21.7. The number of benzene rings is 1. The van der Waals surface area contributed by atoms with E-state index in [-0.39, 0.29) is 12.1 Å². The zero-order valence-electron chi connectivity index (χ0n) is 21.7. The number of carbonyl (C=O) groups is 1. The molecule has 3 aromatic rings. The van der Waals surface area contributed by atoms with Crippen molar-refractivity contribution in [3.05, 3.63) is 35.5 Å². The van der Waals surface area contributed by atoms with Crippen molar-refractivity contribution < 1.29 is 19.0 Å². The minimum absolute atomic E-state index is 0.147. The van der Waals surface area contributed by atoms with Crippen LogP contribution in [0.25, 0.3) is 16.7 Å². The lowest BCUT2D eigenvalue weighted by atomic mass is 9.86. The molecule has 0 amide bonds. The molecule has 2 atom stereocenters. The van der Waals surface area contributed by atoms with Gasteiger partial charge in [0.1, 0.15) is 5.82 Å². The summed E-state index contributed by atoms with van der Waals surface area (Å²) in [4.78, 5) is 25.5. The molecule has 3 fully saturated rings. The fourth-order valence-electron chi connectivity index (χ4n) is 6.07. The maximum Gasteiger partial charge on any atom is 0.320 e. The fraction of sp³-hybridized carbons (Fsp3) is 0.556. The van der Waals surface area contributed by atoms with E-state index in [1.54, 1.807) is 7.11 Å². The molecule has 2 bridgehead atoms. The molecule has 0 saturated carbocycles. The van der Waals surface area contributed by atoms with Crippen LogP contribution in [0.5, 0.6) is 6.01 Å². The van der Waals surface area contributed by atoms with Gasteiger partial charge in [0.05, 0.1) is 51.1 Å². The predicted octanol–water partition coefficient (Wildman–Crippen LogP) is 2.85. The van der Waals surface area contributed by atoms with Crippen LogP contribution in [0.2, 0.25) is 0 Å². The number of anilines is 1. The first kappa shape index (κ1) is 24.1. The molecule has 10 heteroatoms. The Labute approximate surface area is 216 Å². The van der Waals surface area contributed by atoms with Crippen LogP contribution in [0.1, 0.15) is 42.7 Å². The highest BCUT2D eigenvalue weighted by atomic mass is 16.5. The minimum atomic E-state index is -0.147. The molecule has 37 heavy (non-hydrogen) atoms. The number of nitrogens with zero attached hydrogens (tertiary/aromatic N) is 6. The molecule has 3 saturated heterocycles. The van der Waals surface area contributed by atoms with Crippen molar-refractivity contribution in [1.29, 1.82) is 0 Å². The molecule has 2 aromatic heterocycles. The number of hydrogen-bond donors (Lipinski definition) is 0. The van der Waals surface area contributed by atoms with Crippen molar-refractivity contribution in [2.24, 2.45) is 0 Å². The third kappa shape index (κ3) is 4.64. The van der Waals surface area contributed by atoms with Gasteiger partial charge < -0.3 is 24.0 Å². The van der Waals surface area contributed by atoms with Crippen molar-refractivity contribution in [2.75, 3.05) is 51.9 Å². The number of methoxy groups -OCH3 is 2. The van der Waals surface area contributed by atoms with Gasteiger partial charge in [-0.25, -0.2) is 4.68 Å². The summed E-state index contributed by atoms with van der Waals surface area (Å²) in [6.45, 7) is 6.48. The van der Waals surface area contributed by atoms with Crippen molar-refractivity contribution in [3.63, 3.8) is 0 Å². The fourth-order valence-corrected chi connectivity index (χ4v) is 6.07. The number of carbonyl (C=O) groups excluding carboxylic acids is 1. The molecule has 0 radical (unpaired) electrons. The van der Waals surface area contributed by atoms with Gasteiger partial charge in [-0.2, -0.15) is 15.1 Å². The first-order valence-corrected chi connectivity index (χ1v) is 13.1. The number of rotatable bonds is 7. The topological polar surface area (TPSA) is 94.8 Å². The Morgan fingerprint density at radius 2 is 1.95 bits per heavy atom. The van der Waals surface area contributed by atoms with Crippen LogP contribution in [-0.2, 0) is 14.3 Å². The second-order valence-electron chi connectivity index (χ2n) is 10.3. The van der Waals surface area contributed by atoms with Gasteiger partial charge in [-0.1, -0.05) is 0 Å². The Morgan fingerprint density at radius 1 is 1.14 bits per heavy atom. The van der Waals surface area contributed by atoms with E-state index < -0.39 is 0 Å². The maximum absolute atomic E-state index is 11.5. The SMILES string of the molecule is COC(=O)CCN1CCC(c2cc3c(cnn3-c3cc(N4C[C@H]5C[C@@H]4CO5)nc(OC)n3)cc2C)CC1. The molecule has 3 aliphatic heterocycles. The molecule has 0 aliphatic carbocycles. The van der Waals surface area contributed by atoms with Gasteiger partial charge in [0.2, 0.25) is 0 Å². The smallest absolute Gasteiger partial charge is 0.320 e. The van der Waals surface area contributed by atoms with Crippen LogP contribution >= 0.6 is 0 Å². The molecule has 5 heterocycles. The molecule has 196 valence electrons. The maximum atomic E-state index is 11.5. The summed E-state index contributed by atoms with van der Waals surface area (Å²) in [7, 11) is 3.05. The van der Waals surface area contributed by atoms with E-state index in [0.29, 0.717) is 30.2 Å². The molecular weight excluding hydrogens is 472 g/mol. The number of morpholine rings is 1. The lowest BCUT2D eigenvalue weighted by Gasteiger charge is -2.32. The average molecular weight is 507 g/mol. The van der Waals surface area contributed by atoms with Crippen LogP contribution in [0.15, 0.2) is 24.4 Å². The van der Waals surface area contributed by atoms with E-state index in [1.807, 2.05) is 16.9 Å². The summed E-state index contributed by atoms with van der Waals surface area (Å²) in [5.41, 5.74) is 3.68. The van der Waals surface area contributed by atoms with Crippen molar-refractivity contribution in [3.8, 4) is 11.8 Å². The highest BCUT2D eigenvalue weighted by Crippen LogP contribution is 2.35. The second kappa shape index (κ2) is 9.90. The molecule has 3 aliphatic rings. The number of ether oxygens (including phenoxy) is 3. The zero-order chi connectivity index (χ0) is 25.5. The normalized spacial score (nSPS) is 22.2. The third-order valence-electron chi connectivity index (χ3n) is 8.12. The van der Waals surface area contributed by atoms with Gasteiger partial charge in [0.25, 0.3) is 0 Å². The Balaban J connectivity index is 1.27. The third-order valence-corrected chi connectivity index (χ3v) is 8.12. The van der Waals surface area contributed by atoms with E-state index in [2.05, 4.69) is 38.8 Å². The quantitative estimate of drug-likeness (QED) is 0.448. The van der Waals surface area contributed by atoms with Gasteiger partial charge in [0.15, 0.2) is 5.82 Å². The Bertz CT molecular complexity index is 1300. The second-order valence-corrected chi connectivity index (χ2v) is 10.3. The van der Waals surface area contributed by atoms with Gasteiger partial charge in [-0.15, -0.1) is 0 Å². The predicted molar refractivity (Wildman–Crippen MR) is 138 cm³/mol. The van der Waals surface area contributed by atoms with Crippen LogP contribution in [0, 0.1) is 6.92 Å². The van der Waals surface area contributed by atoms with Gasteiger partial charge in [-0.3, -0.25) is 4.79 Å². The summed E-state index contributed by atoms with van der Waals surface area (Å²) in [6, 6.07) is 7.21. The number of piperidine rings is 1. The van der Waals surface area contributed by atoms with E-state index in [9.17, 15) is 4.79 Å². The Morgan fingerprint density at radius 3 is 2.65 bits per heavy atom. The first-order valence-electron chi connectivity index (χ1n) is 13.1. The number of aromatic nitrogens is 4. The average Bonchev–Trinajstić information content (AvgIpc) is 3.67. The van der Waals surface area contributed by atoms with Crippen LogP contribution in [0.4, 0.5) is 5.82 Å². The molecule has 0 spiro atoms. The molecule has 6 rings (SSSR count). The van der Waals surface area contributed by atoms with Crippen molar-refractivity contribution >= 4 is 22.7 Å². The van der Waals surface area contributed by atoms with E-state index in [1.165, 1.54) is 18.2 Å². The summed E-state index contributed by atoms with van der Waals surface area (Å²) >= 11 is 0. The lowest BCUT2D eigenvalue weighted by Crippen LogP contribution is -2.37. The lowest BCUT2D eigenvalue weighted by molar-refractivity contribution is -0.141. The largest absolute Gasteiger partial charge is 0.469 e.